The number of carboxylic acid groups (broad SMARTS) is 3. The van der Waals surface area contributed by atoms with Crippen LogP contribution in [0.1, 0.15) is 0 Å². The second-order valence-electron chi connectivity index (χ2n) is 2.41. The van der Waals surface area contributed by atoms with Gasteiger partial charge in [-0.2, -0.15) is 39.5 Å². The summed E-state index contributed by atoms with van der Waals surface area (Å²) in [4.78, 5) is 26.7. The number of halogens is 9. The Bertz CT molecular complexity index is 313. The number of aliphatic carboxylic acids is 3. The van der Waals surface area contributed by atoms with E-state index in [1.54, 1.807) is 0 Å². The molecule has 0 aliphatic carbocycles. The summed E-state index contributed by atoms with van der Waals surface area (Å²) in [6.45, 7) is 0. The number of hydrogen-bond acceptors (Lipinski definition) is 3. The van der Waals surface area contributed by atoms with Gasteiger partial charge in [0.15, 0.2) is 0 Å². The zero-order valence-corrected chi connectivity index (χ0v) is 12.8. The first-order chi connectivity index (χ1) is 8.83. The fraction of sp³-hybridized carbons (Fsp3) is 0.500. The third-order valence-corrected chi connectivity index (χ3v) is 0.728. The number of rotatable bonds is 0. The Balaban J connectivity index is -0.000000108. The van der Waals surface area contributed by atoms with Crippen LogP contribution in [0.15, 0.2) is 0 Å². The van der Waals surface area contributed by atoms with Gasteiger partial charge in [-0.05, 0) is 0 Å². The molecule has 0 fully saturated rings. The molecule has 0 heterocycles. The van der Waals surface area contributed by atoms with Crippen LogP contribution in [-0.4, -0.2) is 77.6 Å². The molecule has 3 N–H and O–H groups in total. The smallest absolute Gasteiger partial charge is 0.475 e. The van der Waals surface area contributed by atoms with Gasteiger partial charge in [-0.1, -0.05) is 0 Å². The fourth-order valence-electron chi connectivity index (χ4n) is 0. The van der Waals surface area contributed by atoms with E-state index in [4.69, 9.17) is 29.7 Å². The van der Waals surface area contributed by atoms with Crippen molar-refractivity contribution in [2.75, 3.05) is 0 Å². The summed E-state index contributed by atoms with van der Waals surface area (Å²) < 4.78 is 95.2. The second-order valence-corrected chi connectivity index (χ2v) is 2.41. The molecule has 6 nitrogen and oxygen atoms in total. The van der Waals surface area contributed by atoms with E-state index in [-0.39, 0.29) is 25.8 Å². The largest absolute Gasteiger partial charge is 0.490 e. The van der Waals surface area contributed by atoms with Crippen LogP contribution < -0.4 is 0 Å². The van der Waals surface area contributed by atoms with Crippen LogP contribution in [0, 0.1) is 0 Å². The van der Waals surface area contributed by atoms with Crippen molar-refractivity contribution < 1.29 is 69.2 Å². The molecule has 0 aromatic carbocycles. The van der Waals surface area contributed by atoms with E-state index < -0.39 is 36.4 Å². The minimum absolute atomic E-state index is 0. The standard InChI is InChI=1S/3C2HF3O2.In/c3*3-2(4,5)1(6)7;/h3*(H,6,7);. The van der Waals surface area contributed by atoms with Gasteiger partial charge in [0.1, 0.15) is 0 Å². The van der Waals surface area contributed by atoms with Crippen molar-refractivity contribution in [3.8, 4) is 0 Å². The first-order valence-electron chi connectivity index (χ1n) is 3.73. The van der Waals surface area contributed by atoms with Crippen LogP contribution in [0.4, 0.5) is 39.5 Å². The third-order valence-electron chi connectivity index (χ3n) is 0.728. The topological polar surface area (TPSA) is 112 Å². The first kappa shape index (κ1) is 28.8. The van der Waals surface area contributed by atoms with Crippen LogP contribution in [0.3, 0.4) is 0 Å². The Morgan fingerprint density at radius 3 is 0.545 bits per heavy atom. The molecular formula is C6H3F9InO6. The van der Waals surface area contributed by atoms with Gasteiger partial charge in [-0.3, -0.25) is 0 Å². The minimum atomic E-state index is -5.08. The number of hydrogen-bond donors (Lipinski definition) is 3. The average Bonchev–Trinajstić information content (AvgIpc) is 2.14. The van der Waals surface area contributed by atoms with Crippen molar-refractivity contribution in [2.45, 2.75) is 18.5 Å². The van der Waals surface area contributed by atoms with E-state index in [1.165, 1.54) is 0 Å². The molecular weight excluding hydrogens is 454 g/mol. The van der Waals surface area contributed by atoms with Gasteiger partial charge in [0.05, 0.1) is 0 Å². The number of carbonyl (C=O) groups is 3. The molecule has 0 atom stereocenters. The zero-order chi connectivity index (χ0) is 18.2. The zero-order valence-electron chi connectivity index (χ0n) is 9.55. The van der Waals surface area contributed by atoms with Crippen molar-refractivity contribution in [3.05, 3.63) is 0 Å². The second kappa shape index (κ2) is 10.4. The Morgan fingerprint density at radius 1 is 0.500 bits per heavy atom. The van der Waals surface area contributed by atoms with Crippen molar-refractivity contribution in [1.29, 1.82) is 0 Å². The van der Waals surface area contributed by atoms with Crippen LogP contribution in [-0.2, 0) is 14.4 Å². The van der Waals surface area contributed by atoms with E-state index in [2.05, 4.69) is 0 Å². The first-order valence-corrected chi connectivity index (χ1v) is 3.73. The molecule has 0 aromatic heterocycles. The summed E-state index contributed by atoms with van der Waals surface area (Å²) in [5.74, 6) is -8.27. The quantitative estimate of drug-likeness (QED) is 0.476. The number of carboxylic acids is 3. The molecule has 129 valence electrons. The molecule has 0 aliphatic heterocycles. The summed E-state index contributed by atoms with van der Waals surface area (Å²) in [6, 6.07) is 0. The van der Waals surface area contributed by atoms with Gasteiger partial charge < -0.3 is 15.3 Å². The van der Waals surface area contributed by atoms with Gasteiger partial charge in [0.25, 0.3) is 0 Å². The Hall–Kier alpha value is -1.35. The summed E-state index contributed by atoms with van der Waals surface area (Å²) >= 11 is 0. The van der Waals surface area contributed by atoms with Gasteiger partial charge in [-0.15, -0.1) is 0 Å². The molecule has 0 rings (SSSR count). The molecule has 22 heavy (non-hydrogen) atoms. The summed E-state index contributed by atoms with van der Waals surface area (Å²) in [5, 5.41) is 21.4. The minimum Gasteiger partial charge on any atom is -0.475 e. The fourth-order valence-corrected chi connectivity index (χ4v) is 0. The van der Waals surface area contributed by atoms with E-state index in [0.717, 1.165) is 0 Å². The predicted molar refractivity (Wildman–Crippen MR) is 46.8 cm³/mol. The third kappa shape index (κ3) is 21.0. The average molecular weight is 457 g/mol. The van der Waals surface area contributed by atoms with Crippen LogP contribution in [0.5, 0.6) is 0 Å². The summed E-state index contributed by atoms with van der Waals surface area (Å²) in [5.41, 5.74) is 0. The number of alkyl halides is 9. The molecule has 0 spiro atoms. The SMILES string of the molecule is O=C(O)C(F)(F)F.O=C(O)C(F)(F)F.O=C(O)C(F)(F)F.[In]. The molecule has 0 aliphatic rings. The van der Waals surface area contributed by atoms with Crippen molar-refractivity contribution in [1.82, 2.24) is 0 Å². The Morgan fingerprint density at radius 2 is 0.545 bits per heavy atom. The molecule has 0 unspecified atom stereocenters. The molecule has 0 aromatic rings. The van der Waals surface area contributed by atoms with Gasteiger partial charge >= 0.3 is 36.4 Å². The van der Waals surface area contributed by atoms with E-state index in [1.807, 2.05) is 0 Å². The van der Waals surface area contributed by atoms with Crippen molar-refractivity contribution in [3.63, 3.8) is 0 Å². The molecule has 0 saturated carbocycles. The molecule has 0 amide bonds. The van der Waals surface area contributed by atoms with Crippen LogP contribution in [0.2, 0.25) is 0 Å². The molecule has 16 heteroatoms. The van der Waals surface area contributed by atoms with Crippen molar-refractivity contribution in [2.24, 2.45) is 0 Å². The molecule has 0 bridgehead atoms. The monoisotopic (exact) mass is 457 g/mol. The Kier molecular flexibility index (Phi) is 13.6. The van der Waals surface area contributed by atoms with Crippen molar-refractivity contribution >= 4 is 43.8 Å². The normalized spacial score (nSPS) is 10.8. The van der Waals surface area contributed by atoms with Gasteiger partial charge in [-0.25, -0.2) is 14.4 Å². The van der Waals surface area contributed by atoms with E-state index >= 15 is 0 Å². The van der Waals surface area contributed by atoms with Crippen LogP contribution >= 0.6 is 0 Å². The summed E-state index contributed by atoms with van der Waals surface area (Å²) in [7, 11) is 0. The maximum atomic E-state index is 10.6. The maximum Gasteiger partial charge on any atom is 0.490 e. The van der Waals surface area contributed by atoms with Gasteiger partial charge in [0.2, 0.25) is 0 Å². The molecule has 0 saturated heterocycles. The summed E-state index contributed by atoms with van der Waals surface area (Å²) in [6.07, 6.45) is -15.3. The van der Waals surface area contributed by atoms with Crippen LogP contribution in [0.25, 0.3) is 0 Å². The van der Waals surface area contributed by atoms with Gasteiger partial charge in [0, 0.05) is 25.8 Å². The predicted octanol–water partition coefficient (Wildman–Crippen LogP) is 1.52. The maximum absolute atomic E-state index is 10.6. The van der Waals surface area contributed by atoms with E-state index in [9.17, 15) is 39.5 Å². The van der Waals surface area contributed by atoms with E-state index in [0.29, 0.717) is 0 Å². The Labute approximate surface area is 132 Å². The molecule has 3 radical (unpaired) electrons.